The Kier molecular flexibility index (Phi) is 7.91. The lowest BCUT2D eigenvalue weighted by atomic mass is 10.0. The normalized spacial score (nSPS) is 13.9. The van der Waals surface area contributed by atoms with Gasteiger partial charge in [0, 0.05) is 77.4 Å². The highest BCUT2D eigenvalue weighted by atomic mass is 19.1. The maximum atomic E-state index is 13.5. The zero-order chi connectivity index (χ0) is 30.8. The van der Waals surface area contributed by atoms with E-state index in [1.807, 2.05) is 24.3 Å². The molecule has 1 amide bonds. The summed E-state index contributed by atoms with van der Waals surface area (Å²) in [6.45, 7) is 4.01. The molecule has 2 heterocycles. The fourth-order valence-electron chi connectivity index (χ4n) is 5.22. The molecule has 1 saturated heterocycles. The van der Waals surface area contributed by atoms with E-state index in [1.54, 1.807) is 42.6 Å². The van der Waals surface area contributed by atoms with Gasteiger partial charge in [-0.25, -0.2) is 8.78 Å². The number of piperazine rings is 1. The number of carbonyl (C=O) groups excluding carboxylic acids is 2. The molecule has 222 valence electrons. The predicted octanol–water partition coefficient (Wildman–Crippen LogP) is 6.14. The minimum atomic E-state index is -0.866. The Morgan fingerprint density at radius 1 is 0.864 bits per heavy atom. The van der Waals surface area contributed by atoms with E-state index >= 15 is 0 Å². The zero-order valence-electron chi connectivity index (χ0n) is 23.8. The molecule has 0 unspecified atom stereocenters. The number of H-pyrrole nitrogens is 1. The molecule has 0 aliphatic carbocycles. The van der Waals surface area contributed by atoms with Crippen molar-refractivity contribution in [2.45, 2.75) is 0 Å². The van der Waals surface area contributed by atoms with Gasteiger partial charge in [-0.1, -0.05) is 24.3 Å². The molecule has 4 aromatic carbocycles. The minimum absolute atomic E-state index is 0.0686. The highest BCUT2D eigenvalue weighted by molar-refractivity contribution is 6.13. The molecule has 44 heavy (non-hydrogen) atoms. The van der Waals surface area contributed by atoms with Crippen LogP contribution in [0.4, 0.5) is 25.8 Å². The van der Waals surface area contributed by atoms with E-state index in [9.17, 15) is 23.5 Å². The fourth-order valence-corrected chi connectivity index (χ4v) is 5.22. The molecule has 0 saturated carbocycles. The smallest absolute Gasteiger partial charge is 0.255 e. The number of anilines is 2. The van der Waals surface area contributed by atoms with Crippen molar-refractivity contribution in [3.05, 3.63) is 119 Å². The number of aliphatic imine (C=N–C) groups is 1. The summed E-state index contributed by atoms with van der Waals surface area (Å²) in [5, 5.41) is 13.9. The lowest BCUT2D eigenvalue weighted by molar-refractivity contribution is 0.102. The van der Waals surface area contributed by atoms with Crippen LogP contribution in [0, 0.1) is 11.6 Å². The molecule has 0 atom stereocenters. The van der Waals surface area contributed by atoms with Gasteiger partial charge in [-0.2, -0.15) is 0 Å². The standard InChI is InChI=1S/C34H29F2N5O3/c1-40-11-13-41(14-12-40)28-8-6-26(7-9-28)37-20-30-29-10-5-22(18-31(29)39-34(30)44)32(42)21-3-2-4-27(17-21)38-33(43)23-15-24(35)19-25(36)16-23/h2-10,15-20,39,44H,11-14H2,1H3,(H,38,43). The Bertz CT molecular complexity index is 1870. The van der Waals surface area contributed by atoms with Crippen molar-refractivity contribution in [1.29, 1.82) is 0 Å². The number of fused-ring (bicyclic) bond motifs is 1. The van der Waals surface area contributed by atoms with E-state index in [-0.39, 0.29) is 17.2 Å². The first-order valence-corrected chi connectivity index (χ1v) is 14.1. The molecule has 1 aliphatic rings. The van der Waals surface area contributed by atoms with Crippen LogP contribution in [-0.4, -0.2) is 66.1 Å². The van der Waals surface area contributed by atoms with Crippen molar-refractivity contribution in [3.63, 3.8) is 0 Å². The van der Waals surface area contributed by atoms with Crippen LogP contribution in [0.1, 0.15) is 31.8 Å². The van der Waals surface area contributed by atoms with Crippen LogP contribution in [0.2, 0.25) is 0 Å². The largest absolute Gasteiger partial charge is 0.494 e. The van der Waals surface area contributed by atoms with E-state index in [0.717, 1.165) is 49.7 Å². The first-order valence-electron chi connectivity index (χ1n) is 14.1. The van der Waals surface area contributed by atoms with Crippen molar-refractivity contribution >= 4 is 45.9 Å². The second kappa shape index (κ2) is 12.1. The highest BCUT2D eigenvalue weighted by Crippen LogP contribution is 2.29. The van der Waals surface area contributed by atoms with Gasteiger partial charge < -0.3 is 25.2 Å². The van der Waals surface area contributed by atoms with Crippen LogP contribution in [0.25, 0.3) is 10.9 Å². The summed E-state index contributed by atoms with van der Waals surface area (Å²) in [6.07, 6.45) is 1.59. The number of aromatic amines is 1. The van der Waals surface area contributed by atoms with E-state index in [1.165, 1.54) is 6.07 Å². The lowest BCUT2D eigenvalue weighted by Crippen LogP contribution is -2.44. The number of ketones is 1. The lowest BCUT2D eigenvalue weighted by Gasteiger charge is -2.34. The van der Waals surface area contributed by atoms with Crippen LogP contribution in [-0.2, 0) is 0 Å². The van der Waals surface area contributed by atoms with Crippen LogP contribution in [0.15, 0.2) is 89.9 Å². The first kappa shape index (κ1) is 28.8. The summed E-state index contributed by atoms with van der Waals surface area (Å²) in [4.78, 5) is 38.0. The quantitative estimate of drug-likeness (QED) is 0.156. The number of amides is 1. The van der Waals surface area contributed by atoms with Crippen molar-refractivity contribution in [1.82, 2.24) is 9.88 Å². The SMILES string of the molecule is CN1CCN(c2ccc(N=Cc3c(O)[nH]c4cc(C(=O)c5cccc(NC(=O)c6cc(F)cc(F)c6)c5)ccc34)cc2)CC1. The number of aromatic hydroxyl groups is 1. The molecule has 1 aromatic heterocycles. The third-order valence-electron chi connectivity index (χ3n) is 7.65. The predicted molar refractivity (Wildman–Crippen MR) is 168 cm³/mol. The van der Waals surface area contributed by atoms with Crippen molar-refractivity contribution < 1.29 is 23.5 Å². The molecule has 5 aromatic rings. The summed E-state index contributed by atoms with van der Waals surface area (Å²) in [5.41, 5.74) is 3.72. The maximum Gasteiger partial charge on any atom is 0.255 e. The van der Waals surface area contributed by atoms with Gasteiger partial charge >= 0.3 is 0 Å². The number of halogens is 2. The number of hydrogen-bond donors (Lipinski definition) is 3. The van der Waals surface area contributed by atoms with E-state index < -0.39 is 17.5 Å². The Morgan fingerprint density at radius 3 is 2.30 bits per heavy atom. The molecule has 10 heteroatoms. The average Bonchev–Trinajstić information content (AvgIpc) is 3.33. The topological polar surface area (TPSA) is 101 Å². The summed E-state index contributed by atoms with van der Waals surface area (Å²) in [5.74, 6) is -2.83. The number of hydrogen-bond acceptors (Lipinski definition) is 6. The average molecular weight is 594 g/mol. The molecule has 8 nitrogen and oxygen atoms in total. The van der Waals surface area contributed by atoms with Crippen LogP contribution in [0.3, 0.4) is 0 Å². The second-order valence-corrected chi connectivity index (χ2v) is 10.7. The fraction of sp³-hybridized carbons (Fsp3) is 0.147. The summed E-state index contributed by atoms with van der Waals surface area (Å²) < 4.78 is 27.1. The number of rotatable bonds is 7. The maximum absolute atomic E-state index is 13.5. The number of nitrogens with one attached hydrogen (secondary N) is 2. The summed E-state index contributed by atoms with van der Waals surface area (Å²) in [7, 11) is 2.12. The Morgan fingerprint density at radius 2 is 1.57 bits per heavy atom. The highest BCUT2D eigenvalue weighted by Gasteiger charge is 2.17. The molecule has 6 rings (SSSR count). The van der Waals surface area contributed by atoms with Gasteiger partial charge in [-0.15, -0.1) is 0 Å². The van der Waals surface area contributed by atoms with E-state index in [4.69, 9.17) is 0 Å². The van der Waals surface area contributed by atoms with Crippen LogP contribution < -0.4 is 10.2 Å². The molecule has 0 spiro atoms. The van der Waals surface area contributed by atoms with Gasteiger partial charge in [0.1, 0.15) is 11.6 Å². The number of benzene rings is 4. The Balaban J connectivity index is 1.17. The third-order valence-corrected chi connectivity index (χ3v) is 7.65. The number of likely N-dealkylation sites (N-methyl/N-ethyl adjacent to an activating group) is 1. The molecular weight excluding hydrogens is 564 g/mol. The Hall–Kier alpha value is -5.35. The van der Waals surface area contributed by atoms with Crippen molar-refractivity contribution in [3.8, 4) is 5.88 Å². The van der Waals surface area contributed by atoms with Crippen molar-refractivity contribution in [2.24, 2.45) is 4.99 Å². The van der Waals surface area contributed by atoms with Gasteiger partial charge in [0.15, 0.2) is 11.7 Å². The molecule has 3 N–H and O–H groups in total. The van der Waals surface area contributed by atoms with Gasteiger partial charge in [0.05, 0.1) is 11.3 Å². The molecule has 1 fully saturated rings. The molecule has 0 bridgehead atoms. The van der Waals surface area contributed by atoms with Gasteiger partial charge in [-0.3, -0.25) is 14.6 Å². The number of aromatic nitrogens is 1. The second-order valence-electron chi connectivity index (χ2n) is 10.7. The molecular formula is C34H29F2N5O3. The van der Waals surface area contributed by atoms with Crippen LogP contribution >= 0.6 is 0 Å². The van der Waals surface area contributed by atoms with Crippen LogP contribution in [0.5, 0.6) is 5.88 Å². The van der Waals surface area contributed by atoms with E-state index in [2.05, 4.69) is 32.1 Å². The number of carbonyl (C=O) groups is 2. The van der Waals surface area contributed by atoms with E-state index in [0.29, 0.717) is 39.3 Å². The zero-order valence-corrected chi connectivity index (χ0v) is 23.8. The minimum Gasteiger partial charge on any atom is -0.494 e. The number of nitrogens with zero attached hydrogens (tertiary/aromatic N) is 3. The molecule has 0 radical (unpaired) electrons. The first-order chi connectivity index (χ1) is 21.2. The summed E-state index contributed by atoms with van der Waals surface area (Å²) >= 11 is 0. The third kappa shape index (κ3) is 6.20. The van der Waals surface area contributed by atoms with Gasteiger partial charge in [0.2, 0.25) is 0 Å². The Labute approximate surface area is 252 Å². The van der Waals surface area contributed by atoms with Gasteiger partial charge in [0.25, 0.3) is 5.91 Å². The summed E-state index contributed by atoms with van der Waals surface area (Å²) in [6, 6.07) is 21.8. The van der Waals surface area contributed by atoms with Gasteiger partial charge in [-0.05, 0) is 61.6 Å². The van der Waals surface area contributed by atoms with Crippen molar-refractivity contribution in [2.75, 3.05) is 43.4 Å². The monoisotopic (exact) mass is 593 g/mol. The molecule has 1 aliphatic heterocycles.